The van der Waals surface area contributed by atoms with E-state index in [2.05, 4.69) is 166 Å². The molecular weight excluding hydrogens is 571 g/mol. The molecule has 0 bridgehead atoms. The van der Waals surface area contributed by atoms with Crippen molar-refractivity contribution in [2.75, 3.05) is 6.61 Å². The minimum atomic E-state index is -0.183. The molecule has 1 heterocycles. The molecule has 0 saturated carbocycles. The van der Waals surface area contributed by atoms with Gasteiger partial charge in [0.25, 0.3) is 0 Å². The van der Waals surface area contributed by atoms with Gasteiger partial charge in [0.1, 0.15) is 6.61 Å². The van der Waals surface area contributed by atoms with Crippen molar-refractivity contribution in [3.05, 3.63) is 157 Å². The van der Waals surface area contributed by atoms with Crippen LogP contribution in [-0.4, -0.2) is 18.0 Å². The van der Waals surface area contributed by atoms with E-state index in [0.717, 1.165) is 11.5 Å². The van der Waals surface area contributed by atoms with Crippen LogP contribution in [0.15, 0.2) is 157 Å². The standard InChI is InChI=1S/C45H33NO/c1-45(2)28-47-44(46-45)32-19-15-31(16-20-32)35-23-24-40-41(27-35)43(37-22-18-30-10-4-6-12-34(30)26-37)39-14-8-7-13-38(39)42(40)36-21-17-29-9-3-5-11-33(29)25-36/h3-27H,28H2,1-2H3. The zero-order valence-electron chi connectivity index (χ0n) is 26.5. The maximum absolute atomic E-state index is 5.93. The van der Waals surface area contributed by atoms with Gasteiger partial charge in [-0.25, -0.2) is 4.99 Å². The Labute approximate surface area is 274 Å². The van der Waals surface area contributed by atoms with Crippen LogP contribution in [0.2, 0.25) is 0 Å². The number of nitrogens with zero attached hydrogens (tertiary/aromatic N) is 1. The van der Waals surface area contributed by atoms with E-state index in [1.165, 1.54) is 76.5 Å². The first-order valence-corrected chi connectivity index (χ1v) is 16.3. The smallest absolute Gasteiger partial charge is 0.216 e. The number of ether oxygens (including phenoxy) is 1. The lowest BCUT2D eigenvalue weighted by atomic mass is 9.84. The quantitative estimate of drug-likeness (QED) is 0.183. The molecule has 8 aromatic carbocycles. The second-order valence-corrected chi connectivity index (χ2v) is 13.3. The fourth-order valence-corrected chi connectivity index (χ4v) is 7.21. The zero-order valence-corrected chi connectivity index (χ0v) is 26.5. The van der Waals surface area contributed by atoms with Gasteiger partial charge in [-0.15, -0.1) is 0 Å². The predicted molar refractivity (Wildman–Crippen MR) is 199 cm³/mol. The molecule has 0 aromatic heterocycles. The largest absolute Gasteiger partial charge is 0.475 e. The van der Waals surface area contributed by atoms with E-state index >= 15 is 0 Å². The minimum absolute atomic E-state index is 0.183. The molecular formula is C45H33NO. The van der Waals surface area contributed by atoms with Crippen molar-refractivity contribution in [3.63, 3.8) is 0 Å². The number of fused-ring (bicyclic) bond motifs is 4. The molecule has 0 spiro atoms. The zero-order chi connectivity index (χ0) is 31.5. The molecule has 0 unspecified atom stereocenters. The summed E-state index contributed by atoms with van der Waals surface area (Å²) in [7, 11) is 0. The van der Waals surface area contributed by atoms with Gasteiger partial charge in [-0.3, -0.25) is 0 Å². The van der Waals surface area contributed by atoms with Crippen LogP contribution < -0.4 is 0 Å². The maximum Gasteiger partial charge on any atom is 0.216 e. The van der Waals surface area contributed by atoms with E-state index in [-0.39, 0.29) is 5.54 Å². The summed E-state index contributed by atoms with van der Waals surface area (Å²) >= 11 is 0. The Kier molecular flexibility index (Phi) is 6.26. The van der Waals surface area contributed by atoms with Gasteiger partial charge in [-0.1, -0.05) is 121 Å². The van der Waals surface area contributed by atoms with Gasteiger partial charge in [0, 0.05) is 5.56 Å². The van der Waals surface area contributed by atoms with Crippen molar-refractivity contribution >= 4 is 49.0 Å². The highest BCUT2D eigenvalue weighted by Gasteiger charge is 2.27. The molecule has 9 rings (SSSR count). The topological polar surface area (TPSA) is 21.6 Å². The summed E-state index contributed by atoms with van der Waals surface area (Å²) in [5.41, 5.74) is 8.16. The third-order valence-electron chi connectivity index (χ3n) is 9.53. The first-order valence-electron chi connectivity index (χ1n) is 16.3. The molecule has 0 N–H and O–H groups in total. The van der Waals surface area contributed by atoms with Crippen molar-refractivity contribution in [1.29, 1.82) is 0 Å². The second kappa shape index (κ2) is 10.7. The number of aliphatic imine (C=N–C) groups is 1. The maximum atomic E-state index is 5.93. The van der Waals surface area contributed by atoms with E-state index < -0.39 is 0 Å². The van der Waals surface area contributed by atoms with Crippen LogP contribution in [0, 0.1) is 0 Å². The molecule has 0 aliphatic carbocycles. The molecule has 2 heteroatoms. The minimum Gasteiger partial charge on any atom is -0.475 e. The van der Waals surface area contributed by atoms with Crippen LogP contribution in [0.25, 0.3) is 76.5 Å². The van der Waals surface area contributed by atoms with Gasteiger partial charge < -0.3 is 4.74 Å². The Balaban J connectivity index is 1.30. The first-order chi connectivity index (χ1) is 23.0. The predicted octanol–water partition coefficient (Wildman–Crippen LogP) is 11.9. The van der Waals surface area contributed by atoms with E-state index in [9.17, 15) is 0 Å². The average Bonchev–Trinajstić information content (AvgIpc) is 3.49. The summed E-state index contributed by atoms with van der Waals surface area (Å²) in [5.74, 6) is 0.727. The molecule has 47 heavy (non-hydrogen) atoms. The average molecular weight is 604 g/mol. The number of hydrogen-bond acceptors (Lipinski definition) is 2. The van der Waals surface area contributed by atoms with E-state index in [1.807, 2.05) is 0 Å². The van der Waals surface area contributed by atoms with E-state index in [1.54, 1.807) is 0 Å². The van der Waals surface area contributed by atoms with Crippen LogP contribution in [0.1, 0.15) is 19.4 Å². The number of hydrogen-bond donors (Lipinski definition) is 0. The fraction of sp³-hybridized carbons (Fsp3) is 0.0889. The van der Waals surface area contributed by atoms with Gasteiger partial charge in [-0.2, -0.15) is 0 Å². The van der Waals surface area contributed by atoms with Gasteiger partial charge >= 0.3 is 0 Å². The van der Waals surface area contributed by atoms with Crippen LogP contribution in [-0.2, 0) is 4.74 Å². The summed E-state index contributed by atoms with van der Waals surface area (Å²) in [4.78, 5) is 4.78. The molecule has 0 fully saturated rings. The Morgan fingerprint density at radius 3 is 1.47 bits per heavy atom. The van der Waals surface area contributed by atoms with Crippen LogP contribution in [0.5, 0.6) is 0 Å². The first kappa shape index (κ1) is 27.6. The number of benzene rings is 8. The Morgan fingerprint density at radius 2 is 0.894 bits per heavy atom. The van der Waals surface area contributed by atoms with Gasteiger partial charge in [0.2, 0.25) is 5.90 Å². The van der Waals surface area contributed by atoms with Gasteiger partial charge in [-0.05, 0) is 121 Å². The highest BCUT2D eigenvalue weighted by atomic mass is 16.5. The highest BCUT2D eigenvalue weighted by molar-refractivity contribution is 6.22. The molecule has 0 amide bonds. The monoisotopic (exact) mass is 603 g/mol. The summed E-state index contributed by atoms with van der Waals surface area (Å²) in [5, 5.41) is 10.00. The summed E-state index contributed by atoms with van der Waals surface area (Å²) in [6.45, 7) is 4.82. The Hall–Kier alpha value is -5.73. The molecule has 8 aromatic rings. The van der Waals surface area contributed by atoms with Crippen LogP contribution in [0.4, 0.5) is 0 Å². The lowest BCUT2D eigenvalue weighted by Gasteiger charge is -2.19. The van der Waals surface area contributed by atoms with Crippen LogP contribution in [0.3, 0.4) is 0 Å². The number of rotatable bonds is 4. The Bertz CT molecular complexity index is 2540. The molecule has 224 valence electrons. The normalized spacial score (nSPS) is 14.1. The molecule has 0 atom stereocenters. The summed E-state index contributed by atoms with van der Waals surface area (Å²) in [6, 6.07) is 55.5. The van der Waals surface area contributed by atoms with Gasteiger partial charge in [0.15, 0.2) is 0 Å². The summed E-state index contributed by atoms with van der Waals surface area (Å²) < 4.78 is 5.93. The third-order valence-corrected chi connectivity index (χ3v) is 9.53. The van der Waals surface area contributed by atoms with Crippen molar-refractivity contribution < 1.29 is 4.74 Å². The second-order valence-electron chi connectivity index (χ2n) is 13.3. The molecule has 0 saturated heterocycles. The molecule has 1 aliphatic heterocycles. The SMILES string of the molecule is CC1(C)COC(c2ccc(-c3ccc4c(-c5ccc6ccccc6c5)c5ccccc5c(-c5ccc6ccccc6c5)c4c3)cc2)=N1. The van der Waals surface area contributed by atoms with E-state index in [4.69, 9.17) is 9.73 Å². The van der Waals surface area contributed by atoms with Crippen molar-refractivity contribution in [2.24, 2.45) is 4.99 Å². The molecule has 2 nitrogen and oxygen atoms in total. The fourth-order valence-electron chi connectivity index (χ4n) is 7.21. The van der Waals surface area contributed by atoms with E-state index in [0.29, 0.717) is 6.61 Å². The summed E-state index contributed by atoms with van der Waals surface area (Å²) in [6.07, 6.45) is 0. The van der Waals surface area contributed by atoms with Crippen LogP contribution >= 0.6 is 0 Å². The van der Waals surface area contributed by atoms with Crippen molar-refractivity contribution in [1.82, 2.24) is 0 Å². The molecule has 1 aliphatic rings. The highest BCUT2D eigenvalue weighted by Crippen LogP contribution is 2.45. The van der Waals surface area contributed by atoms with Crippen molar-refractivity contribution in [3.8, 4) is 33.4 Å². The third kappa shape index (κ3) is 4.76. The molecule has 0 radical (unpaired) electrons. The lowest BCUT2D eigenvalue weighted by Crippen LogP contribution is -2.17. The Morgan fingerprint density at radius 1 is 0.426 bits per heavy atom. The van der Waals surface area contributed by atoms with Crippen molar-refractivity contribution in [2.45, 2.75) is 19.4 Å². The lowest BCUT2D eigenvalue weighted by molar-refractivity contribution is 0.279. The van der Waals surface area contributed by atoms with Gasteiger partial charge in [0.05, 0.1) is 5.54 Å².